The molecule has 2 bridgehead atoms. The van der Waals surface area contributed by atoms with Gasteiger partial charge in [0, 0.05) is 18.6 Å². The van der Waals surface area contributed by atoms with Gasteiger partial charge in [-0.15, -0.1) is 0 Å². The van der Waals surface area contributed by atoms with Gasteiger partial charge in [0.1, 0.15) is 0 Å². The van der Waals surface area contributed by atoms with E-state index in [-0.39, 0.29) is 12.5 Å². The molecule has 0 heterocycles. The smallest absolute Gasteiger partial charge is 0.303 e. The van der Waals surface area contributed by atoms with Gasteiger partial charge in [-0.3, -0.25) is 4.79 Å². The molecule has 0 aromatic heterocycles. The lowest BCUT2D eigenvalue weighted by Gasteiger charge is -2.43. The number of hydrogen-bond donors (Lipinski definition) is 1. The van der Waals surface area contributed by atoms with Crippen LogP contribution in [0, 0.1) is 23.7 Å². The van der Waals surface area contributed by atoms with Gasteiger partial charge in [0.05, 0.1) is 0 Å². The van der Waals surface area contributed by atoms with E-state index in [1.807, 2.05) is 42.6 Å². The number of fused-ring (bicyclic) bond motifs is 2. The van der Waals surface area contributed by atoms with Gasteiger partial charge in [0.25, 0.3) is 0 Å². The molecule has 4 atom stereocenters. The van der Waals surface area contributed by atoms with Crippen molar-refractivity contribution in [3.8, 4) is 0 Å². The second-order valence-electron chi connectivity index (χ2n) is 9.09. The van der Waals surface area contributed by atoms with Crippen LogP contribution in [0.2, 0.25) is 0 Å². The number of aliphatic carboxylic acids is 1. The van der Waals surface area contributed by atoms with Gasteiger partial charge < -0.3 is 9.94 Å². The van der Waals surface area contributed by atoms with Crippen molar-refractivity contribution < 1.29 is 14.7 Å². The van der Waals surface area contributed by atoms with Crippen LogP contribution < -0.4 is 0 Å². The number of carboxylic acid groups (broad SMARTS) is 1. The number of rotatable bonds is 11. The molecule has 0 aliphatic heterocycles. The third kappa shape index (κ3) is 6.22. The molecule has 4 nitrogen and oxygen atoms in total. The number of benzene rings is 2. The summed E-state index contributed by atoms with van der Waals surface area (Å²) < 4.78 is 0. The largest absolute Gasteiger partial charge is 0.481 e. The van der Waals surface area contributed by atoms with E-state index in [0.29, 0.717) is 30.1 Å². The molecule has 4 heteroatoms. The summed E-state index contributed by atoms with van der Waals surface area (Å²) in [6, 6.07) is 20.5. The summed E-state index contributed by atoms with van der Waals surface area (Å²) in [5, 5.41) is 13.3. The first-order valence-corrected chi connectivity index (χ1v) is 12.1. The summed E-state index contributed by atoms with van der Waals surface area (Å²) in [4.78, 5) is 16.8. The second kappa shape index (κ2) is 11.6. The Morgan fingerprint density at radius 3 is 2.21 bits per heavy atom. The van der Waals surface area contributed by atoms with Crippen molar-refractivity contribution in [1.29, 1.82) is 0 Å². The van der Waals surface area contributed by atoms with E-state index in [9.17, 15) is 4.79 Å². The molecule has 0 radical (unpaired) electrons. The lowest BCUT2D eigenvalue weighted by molar-refractivity contribution is -0.137. The number of allylic oxidation sites excluding steroid dienone is 4. The first kappa shape index (κ1) is 23.0. The van der Waals surface area contributed by atoms with Crippen LogP contribution in [-0.4, -0.2) is 17.3 Å². The SMILES string of the molecule is O=C(O)CCCC=CC[C@@H]1[C@@H](C=NOC(c2ccccc2)c2ccccc2)[C@@H]2C=C[C@H]1CC2. The fourth-order valence-electron chi connectivity index (χ4n) is 5.17. The molecule has 0 saturated heterocycles. The monoisotopic (exact) mass is 443 g/mol. The standard InChI is InChI=1S/C29H33NO3/c31-28(32)16-10-2-1-9-15-26-22-17-19-23(20-18-22)27(26)21-30-33-29(24-11-5-3-6-12-24)25-13-7-4-8-14-25/h1,3-9,11-14,17,19,21-23,26-27,29H,2,10,15-16,18,20H2,(H,31,32)/t22-,23+,26-,27-/m0/s1. The van der Waals surface area contributed by atoms with Gasteiger partial charge in [-0.25, -0.2) is 0 Å². The Morgan fingerprint density at radius 1 is 0.970 bits per heavy atom. The van der Waals surface area contributed by atoms with E-state index in [0.717, 1.165) is 24.0 Å². The summed E-state index contributed by atoms with van der Waals surface area (Å²) in [6.45, 7) is 0. The second-order valence-corrected chi connectivity index (χ2v) is 9.09. The maximum atomic E-state index is 10.7. The zero-order valence-corrected chi connectivity index (χ0v) is 19.0. The van der Waals surface area contributed by atoms with Crippen LogP contribution in [0.3, 0.4) is 0 Å². The number of hydrogen-bond acceptors (Lipinski definition) is 3. The number of carboxylic acids is 1. The number of unbranched alkanes of at least 4 members (excludes halogenated alkanes) is 1. The van der Waals surface area contributed by atoms with Gasteiger partial charge in [-0.2, -0.15) is 0 Å². The Kier molecular flexibility index (Phi) is 8.13. The van der Waals surface area contributed by atoms with Crippen LogP contribution in [0.4, 0.5) is 0 Å². The Labute approximate surface area is 196 Å². The lowest BCUT2D eigenvalue weighted by Crippen LogP contribution is -2.37. The average Bonchev–Trinajstić information content (AvgIpc) is 2.86. The van der Waals surface area contributed by atoms with E-state index in [2.05, 4.69) is 53.7 Å². The number of nitrogens with zero attached hydrogens (tertiary/aromatic N) is 1. The molecule has 2 aromatic carbocycles. The third-order valence-corrected chi connectivity index (χ3v) is 6.92. The minimum absolute atomic E-state index is 0.229. The van der Waals surface area contributed by atoms with Crippen molar-refractivity contribution in [2.45, 2.75) is 44.6 Å². The van der Waals surface area contributed by atoms with Gasteiger partial charge in [-0.1, -0.05) is 90.1 Å². The highest BCUT2D eigenvalue weighted by atomic mass is 16.6. The molecule has 2 aromatic rings. The van der Waals surface area contributed by atoms with E-state index < -0.39 is 5.97 Å². The topological polar surface area (TPSA) is 58.9 Å². The van der Waals surface area contributed by atoms with Crippen LogP contribution in [-0.2, 0) is 9.63 Å². The maximum absolute atomic E-state index is 10.7. The van der Waals surface area contributed by atoms with E-state index in [1.165, 1.54) is 12.8 Å². The minimum atomic E-state index is -0.723. The first-order valence-electron chi connectivity index (χ1n) is 12.1. The molecule has 5 rings (SSSR count). The zero-order chi connectivity index (χ0) is 22.9. The molecule has 0 unspecified atom stereocenters. The lowest BCUT2D eigenvalue weighted by atomic mass is 9.62. The van der Waals surface area contributed by atoms with Crippen LogP contribution in [0.15, 0.2) is 90.1 Å². The van der Waals surface area contributed by atoms with Gasteiger partial charge in [-0.05, 0) is 61.0 Å². The van der Waals surface area contributed by atoms with Crippen LogP contribution in [0.5, 0.6) is 0 Å². The fraction of sp³-hybridized carbons (Fsp3) is 0.379. The summed E-state index contributed by atoms with van der Waals surface area (Å²) in [7, 11) is 0. The molecule has 1 N–H and O–H groups in total. The molecule has 1 fully saturated rings. The highest BCUT2D eigenvalue weighted by Gasteiger charge is 2.39. The van der Waals surface area contributed by atoms with Gasteiger partial charge >= 0.3 is 5.97 Å². The van der Waals surface area contributed by atoms with Crippen molar-refractivity contribution in [3.05, 3.63) is 96.1 Å². The Balaban J connectivity index is 1.42. The van der Waals surface area contributed by atoms with Crippen molar-refractivity contribution in [2.24, 2.45) is 28.8 Å². The van der Waals surface area contributed by atoms with Crippen LogP contribution in [0.1, 0.15) is 55.8 Å². The number of oxime groups is 1. The van der Waals surface area contributed by atoms with Crippen molar-refractivity contribution in [2.75, 3.05) is 0 Å². The molecular formula is C29H33NO3. The quantitative estimate of drug-likeness (QED) is 0.180. The molecule has 1 saturated carbocycles. The summed E-state index contributed by atoms with van der Waals surface area (Å²) in [6.07, 6.45) is 16.1. The van der Waals surface area contributed by atoms with E-state index >= 15 is 0 Å². The zero-order valence-electron chi connectivity index (χ0n) is 19.0. The molecule has 3 aliphatic carbocycles. The number of carbonyl (C=O) groups is 1. The molecule has 172 valence electrons. The fourth-order valence-corrected chi connectivity index (χ4v) is 5.17. The molecule has 3 aliphatic rings. The predicted octanol–water partition coefficient (Wildman–Crippen LogP) is 6.81. The Hall–Kier alpha value is -3.14. The first-order chi connectivity index (χ1) is 16.2. The van der Waals surface area contributed by atoms with Crippen LogP contribution in [0.25, 0.3) is 0 Å². The van der Waals surface area contributed by atoms with Gasteiger partial charge in [0.2, 0.25) is 0 Å². The Bertz CT molecular complexity index is 927. The third-order valence-electron chi connectivity index (χ3n) is 6.92. The normalized spacial score (nSPS) is 24.2. The minimum Gasteiger partial charge on any atom is -0.481 e. The van der Waals surface area contributed by atoms with Crippen molar-refractivity contribution in [3.63, 3.8) is 0 Å². The highest BCUT2D eigenvalue weighted by molar-refractivity contribution is 5.66. The van der Waals surface area contributed by atoms with E-state index in [1.54, 1.807) is 0 Å². The predicted molar refractivity (Wildman–Crippen MR) is 132 cm³/mol. The van der Waals surface area contributed by atoms with Gasteiger partial charge in [0.15, 0.2) is 6.10 Å². The average molecular weight is 444 g/mol. The molecular weight excluding hydrogens is 410 g/mol. The molecule has 0 spiro atoms. The van der Waals surface area contributed by atoms with Crippen molar-refractivity contribution >= 4 is 12.2 Å². The van der Waals surface area contributed by atoms with Crippen LogP contribution >= 0.6 is 0 Å². The highest BCUT2D eigenvalue weighted by Crippen LogP contribution is 2.45. The molecule has 33 heavy (non-hydrogen) atoms. The van der Waals surface area contributed by atoms with E-state index in [4.69, 9.17) is 9.94 Å². The van der Waals surface area contributed by atoms with Crippen molar-refractivity contribution in [1.82, 2.24) is 0 Å². The molecule has 0 amide bonds. The maximum Gasteiger partial charge on any atom is 0.303 e. The Morgan fingerprint density at radius 2 is 1.61 bits per heavy atom. The summed E-state index contributed by atoms with van der Waals surface area (Å²) >= 11 is 0. The summed E-state index contributed by atoms with van der Waals surface area (Å²) in [5.41, 5.74) is 2.18. The summed E-state index contributed by atoms with van der Waals surface area (Å²) in [5.74, 6) is 1.25.